The van der Waals surface area contributed by atoms with Crippen LogP contribution in [0.25, 0.3) is 0 Å². The summed E-state index contributed by atoms with van der Waals surface area (Å²) in [6, 6.07) is 7.44. The molecule has 1 N–H and O–H groups in total. The minimum Gasteiger partial charge on any atom is -0.481 e. The van der Waals surface area contributed by atoms with Gasteiger partial charge in [-0.05, 0) is 31.3 Å². The third-order valence-corrected chi connectivity index (χ3v) is 5.12. The van der Waals surface area contributed by atoms with Crippen molar-refractivity contribution < 1.29 is 14.7 Å². The van der Waals surface area contributed by atoms with E-state index in [-0.39, 0.29) is 11.8 Å². The topological polar surface area (TPSA) is 64.1 Å². The fourth-order valence-electron chi connectivity index (χ4n) is 3.86. The van der Waals surface area contributed by atoms with Crippen LogP contribution < -0.4 is 4.90 Å². The number of nitrogens with zero attached hydrogens (tertiary/aromatic N) is 3. The molecule has 0 unspecified atom stereocenters. The summed E-state index contributed by atoms with van der Waals surface area (Å²) in [6.07, 6.45) is 0. The third kappa shape index (κ3) is 2.57. The predicted octanol–water partition coefficient (Wildman–Crippen LogP) is 0.841. The van der Waals surface area contributed by atoms with Crippen molar-refractivity contribution in [3.05, 3.63) is 29.8 Å². The Hall–Kier alpha value is -2.08. The maximum atomic E-state index is 12.7. The number of rotatable bonds is 3. The number of carboxylic acid groups (broad SMARTS) is 1. The Morgan fingerprint density at radius 2 is 1.83 bits per heavy atom. The number of hydrogen-bond donors (Lipinski definition) is 1. The molecule has 2 atom stereocenters. The van der Waals surface area contributed by atoms with Crippen LogP contribution in [-0.4, -0.2) is 74.1 Å². The lowest BCUT2D eigenvalue weighted by Crippen LogP contribution is -2.41. The van der Waals surface area contributed by atoms with E-state index in [0.717, 1.165) is 12.2 Å². The lowest BCUT2D eigenvalue weighted by Gasteiger charge is -2.24. The van der Waals surface area contributed by atoms with E-state index in [1.165, 1.54) is 0 Å². The van der Waals surface area contributed by atoms with Crippen molar-refractivity contribution in [2.45, 2.75) is 0 Å². The lowest BCUT2D eigenvalue weighted by atomic mass is 9.81. The molecule has 0 aromatic heterocycles. The summed E-state index contributed by atoms with van der Waals surface area (Å²) < 4.78 is 0. The highest BCUT2D eigenvalue weighted by atomic mass is 16.4. The first-order valence-corrected chi connectivity index (χ1v) is 7.82. The molecule has 0 radical (unpaired) electrons. The SMILES string of the molecule is CN1C[C@H]2CN(C(=O)c3ccc(N(C)C)cc3)C[C@@]2(C(=O)O)C1. The third-order valence-electron chi connectivity index (χ3n) is 5.12. The quantitative estimate of drug-likeness (QED) is 0.895. The average molecular weight is 317 g/mol. The first-order valence-electron chi connectivity index (χ1n) is 7.82. The summed E-state index contributed by atoms with van der Waals surface area (Å²) in [5.41, 5.74) is 0.835. The van der Waals surface area contributed by atoms with E-state index < -0.39 is 11.4 Å². The molecule has 2 heterocycles. The number of carbonyl (C=O) groups is 2. The Bertz CT molecular complexity index is 628. The Labute approximate surface area is 136 Å². The van der Waals surface area contributed by atoms with Crippen LogP contribution in [0.3, 0.4) is 0 Å². The smallest absolute Gasteiger partial charge is 0.313 e. The molecule has 0 spiro atoms. The van der Waals surface area contributed by atoms with Gasteiger partial charge in [0.1, 0.15) is 5.41 Å². The van der Waals surface area contributed by atoms with Crippen molar-refractivity contribution in [3.8, 4) is 0 Å². The summed E-state index contributed by atoms with van der Waals surface area (Å²) in [5.74, 6) is -0.854. The highest BCUT2D eigenvalue weighted by Crippen LogP contribution is 2.42. The lowest BCUT2D eigenvalue weighted by molar-refractivity contribution is -0.148. The summed E-state index contributed by atoms with van der Waals surface area (Å²) in [7, 11) is 5.84. The van der Waals surface area contributed by atoms with E-state index in [4.69, 9.17) is 0 Å². The van der Waals surface area contributed by atoms with Crippen LogP contribution in [-0.2, 0) is 4.79 Å². The van der Waals surface area contributed by atoms with Gasteiger partial charge in [0.25, 0.3) is 5.91 Å². The number of anilines is 1. The second-order valence-corrected chi connectivity index (χ2v) is 6.98. The molecule has 1 aromatic carbocycles. The molecule has 6 heteroatoms. The molecule has 1 aromatic rings. The molecule has 6 nitrogen and oxygen atoms in total. The van der Waals surface area contributed by atoms with Crippen molar-refractivity contribution in [2.24, 2.45) is 11.3 Å². The number of fused-ring (bicyclic) bond motifs is 1. The van der Waals surface area contributed by atoms with E-state index >= 15 is 0 Å². The minimum absolute atomic E-state index is 0.00926. The van der Waals surface area contributed by atoms with Crippen molar-refractivity contribution in [2.75, 3.05) is 52.2 Å². The molecular formula is C17H23N3O3. The zero-order chi connectivity index (χ0) is 16.8. The Kier molecular flexibility index (Phi) is 3.80. The number of carbonyl (C=O) groups excluding carboxylic acids is 1. The van der Waals surface area contributed by atoms with Crippen molar-refractivity contribution in [1.29, 1.82) is 0 Å². The molecule has 0 saturated carbocycles. The second-order valence-electron chi connectivity index (χ2n) is 6.98. The van der Waals surface area contributed by atoms with Gasteiger partial charge < -0.3 is 19.8 Å². The van der Waals surface area contributed by atoms with Gasteiger partial charge in [0.15, 0.2) is 0 Å². The zero-order valence-electron chi connectivity index (χ0n) is 13.8. The van der Waals surface area contributed by atoms with Gasteiger partial charge in [-0.2, -0.15) is 0 Å². The van der Waals surface area contributed by atoms with E-state index in [1.54, 1.807) is 4.90 Å². The number of carboxylic acids is 1. The van der Waals surface area contributed by atoms with E-state index in [1.807, 2.05) is 55.2 Å². The number of amides is 1. The molecule has 2 fully saturated rings. The van der Waals surface area contributed by atoms with Gasteiger partial charge in [0.05, 0.1) is 0 Å². The second kappa shape index (κ2) is 5.53. The maximum absolute atomic E-state index is 12.7. The van der Waals surface area contributed by atoms with Gasteiger partial charge in [-0.3, -0.25) is 9.59 Å². The number of hydrogen-bond acceptors (Lipinski definition) is 4. The van der Waals surface area contributed by atoms with Crippen LogP contribution in [0.4, 0.5) is 5.69 Å². The maximum Gasteiger partial charge on any atom is 0.313 e. The fraction of sp³-hybridized carbons (Fsp3) is 0.529. The van der Waals surface area contributed by atoms with Crippen LogP contribution in [0.5, 0.6) is 0 Å². The van der Waals surface area contributed by atoms with E-state index in [0.29, 0.717) is 25.2 Å². The minimum atomic E-state index is -0.812. The first-order chi connectivity index (χ1) is 10.8. The van der Waals surface area contributed by atoms with Gasteiger partial charge in [-0.15, -0.1) is 0 Å². The molecular weight excluding hydrogens is 294 g/mol. The van der Waals surface area contributed by atoms with Gasteiger partial charge in [0.2, 0.25) is 0 Å². The highest BCUT2D eigenvalue weighted by Gasteiger charge is 2.57. The number of likely N-dealkylation sites (tertiary alicyclic amines) is 2. The van der Waals surface area contributed by atoms with E-state index in [9.17, 15) is 14.7 Å². The molecule has 2 saturated heterocycles. The first kappa shape index (κ1) is 15.8. The molecule has 23 heavy (non-hydrogen) atoms. The van der Waals surface area contributed by atoms with Crippen molar-refractivity contribution in [3.63, 3.8) is 0 Å². The van der Waals surface area contributed by atoms with Gasteiger partial charge in [-0.1, -0.05) is 0 Å². The largest absolute Gasteiger partial charge is 0.481 e. The van der Waals surface area contributed by atoms with Crippen LogP contribution in [0.1, 0.15) is 10.4 Å². The van der Waals surface area contributed by atoms with Crippen molar-refractivity contribution in [1.82, 2.24) is 9.80 Å². The summed E-state index contributed by atoms with van der Waals surface area (Å²) in [5, 5.41) is 9.69. The van der Waals surface area contributed by atoms with Crippen LogP contribution in [0, 0.1) is 11.3 Å². The number of benzene rings is 1. The Morgan fingerprint density at radius 1 is 1.17 bits per heavy atom. The average Bonchev–Trinajstić information content (AvgIpc) is 3.00. The standard InChI is InChI=1S/C17H23N3O3/c1-18(2)14-6-4-12(5-7-14)15(21)20-9-13-8-19(3)10-17(13,11-20)16(22)23/h4-7,13H,8-11H2,1-3H3,(H,22,23)/t13-,17-/m0/s1. The molecule has 3 rings (SSSR count). The van der Waals surface area contributed by atoms with Crippen molar-refractivity contribution >= 4 is 17.6 Å². The normalized spacial score (nSPS) is 27.1. The number of aliphatic carboxylic acids is 1. The highest BCUT2D eigenvalue weighted by molar-refractivity contribution is 5.95. The monoisotopic (exact) mass is 317 g/mol. The van der Waals surface area contributed by atoms with Crippen LogP contribution in [0.2, 0.25) is 0 Å². The van der Waals surface area contributed by atoms with Gasteiger partial charge >= 0.3 is 5.97 Å². The zero-order valence-corrected chi connectivity index (χ0v) is 13.8. The van der Waals surface area contributed by atoms with E-state index in [2.05, 4.69) is 0 Å². The van der Waals surface area contributed by atoms with Gasteiger partial charge in [-0.25, -0.2) is 0 Å². The Balaban J connectivity index is 1.78. The van der Waals surface area contributed by atoms with Gasteiger partial charge in [0, 0.05) is 57.4 Å². The van der Waals surface area contributed by atoms with Crippen LogP contribution in [0.15, 0.2) is 24.3 Å². The predicted molar refractivity (Wildman–Crippen MR) is 87.7 cm³/mol. The molecule has 0 aliphatic carbocycles. The summed E-state index contributed by atoms with van der Waals surface area (Å²) in [6.45, 7) is 2.06. The molecule has 2 aliphatic rings. The molecule has 1 amide bonds. The Morgan fingerprint density at radius 3 is 2.35 bits per heavy atom. The molecule has 2 aliphatic heterocycles. The molecule has 124 valence electrons. The summed E-state index contributed by atoms with van der Waals surface area (Å²) in [4.78, 5) is 30.2. The van der Waals surface area contributed by atoms with Crippen LogP contribution >= 0.6 is 0 Å². The molecule has 0 bridgehead atoms. The summed E-state index contributed by atoms with van der Waals surface area (Å²) >= 11 is 0. The fourth-order valence-corrected chi connectivity index (χ4v) is 3.86.